The summed E-state index contributed by atoms with van der Waals surface area (Å²) < 4.78 is 32.0. The van der Waals surface area contributed by atoms with Crippen LogP contribution in [-0.4, -0.2) is 48.2 Å². The van der Waals surface area contributed by atoms with Crippen LogP contribution in [0.2, 0.25) is 0 Å². The molecule has 34 heavy (non-hydrogen) atoms. The molecule has 9 heteroatoms. The smallest absolute Gasteiger partial charge is 0.407 e. The van der Waals surface area contributed by atoms with E-state index in [-0.39, 0.29) is 25.0 Å². The summed E-state index contributed by atoms with van der Waals surface area (Å²) in [6.45, 7) is -1.09. The van der Waals surface area contributed by atoms with Crippen molar-refractivity contribution in [1.82, 2.24) is 10.6 Å². The molecule has 0 aromatic heterocycles. The topological polar surface area (TPSA) is 105 Å². The van der Waals surface area contributed by atoms with Crippen molar-refractivity contribution in [1.29, 1.82) is 0 Å². The molecule has 2 atom stereocenters. The van der Waals surface area contributed by atoms with Crippen molar-refractivity contribution in [2.75, 3.05) is 13.2 Å². The second-order valence-corrected chi connectivity index (χ2v) is 8.76. The van der Waals surface area contributed by atoms with E-state index in [9.17, 15) is 23.2 Å². The number of alkyl halides is 2. The van der Waals surface area contributed by atoms with E-state index in [0.29, 0.717) is 19.3 Å². The number of halogens is 2. The summed E-state index contributed by atoms with van der Waals surface area (Å²) >= 11 is 0. The molecule has 1 saturated carbocycles. The molecule has 2 amide bonds. The van der Waals surface area contributed by atoms with E-state index in [4.69, 9.17) is 9.84 Å². The third-order valence-corrected chi connectivity index (χ3v) is 6.51. The number of amides is 2. The number of fused-ring (bicyclic) bond motifs is 3. The maximum Gasteiger partial charge on any atom is 0.407 e. The summed E-state index contributed by atoms with van der Waals surface area (Å²) in [7, 11) is 0. The van der Waals surface area contributed by atoms with Gasteiger partial charge in [0.2, 0.25) is 5.91 Å². The van der Waals surface area contributed by atoms with Gasteiger partial charge in [-0.25, -0.2) is 9.59 Å². The first-order valence-electron chi connectivity index (χ1n) is 11.3. The van der Waals surface area contributed by atoms with Crippen LogP contribution in [-0.2, 0) is 14.3 Å². The van der Waals surface area contributed by atoms with E-state index in [2.05, 4.69) is 5.32 Å². The average molecular weight is 472 g/mol. The molecule has 2 aromatic rings. The van der Waals surface area contributed by atoms with Crippen LogP contribution in [0.15, 0.2) is 48.5 Å². The van der Waals surface area contributed by atoms with Crippen molar-refractivity contribution >= 4 is 18.0 Å². The Balaban J connectivity index is 1.30. The van der Waals surface area contributed by atoms with Gasteiger partial charge in [-0.3, -0.25) is 4.79 Å². The van der Waals surface area contributed by atoms with Gasteiger partial charge in [-0.15, -0.1) is 0 Å². The van der Waals surface area contributed by atoms with E-state index in [0.717, 1.165) is 22.3 Å². The lowest BCUT2D eigenvalue weighted by atomic mass is 9.85. The zero-order valence-electron chi connectivity index (χ0n) is 18.4. The number of ether oxygens (including phenoxy) is 1. The van der Waals surface area contributed by atoms with Crippen molar-refractivity contribution in [3.05, 3.63) is 59.7 Å². The van der Waals surface area contributed by atoms with Crippen LogP contribution < -0.4 is 10.6 Å². The predicted molar refractivity (Wildman–Crippen MR) is 120 cm³/mol. The number of carboxylic acid groups (broad SMARTS) is 1. The normalized spacial score (nSPS) is 19.6. The van der Waals surface area contributed by atoms with Crippen LogP contribution >= 0.6 is 0 Å². The highest BCUT2D eigenvalue weighted by molar-refractivity contribution is 5.81. The first-order chi connectivity index (χ1) is 16.3. The molecule has 2 aliphatic carbocycles. The molecule has 7 nitrogen and oxygen atoms in total. The molecule has 0 unspecified atom stereocenters. The summed E-state index contributed by atoms with van der Waals surface area (Å²) in [5.74, 6) is -7.61. The molecule has 0 saturated heterocycles. The van der Waals surface area contributed by atoms with Gasteiger partial charge in [0, 0.05) is 17.9 Å². The Hall–Kier alpha value is -3.49. The maximum absolute atomic E-state index is 13.2. The van der Waals surface area contributed by atoms with Gasteiger partial charge >= 0.3 is 18.0 Å². The summed E-state index contributed by atoms with van der Waals surface area (Å²) in [6.07, 6.45) is 1.42. The summed E-state index contributed by atoms with van der Waals surface area (Å²) in [5, 5.41) is 13.3. The van der Waals surface area contributed by atoms with Gasteiger partial charge in [-0.05, 0) is 41.5 Å². The summed E-state index contributed by atoms with van der Waals surface area (Å²) in [6, 6.07) is 15.7. The van der Waals surface area contributed by atoms with Gasteiger partial charge in [-0.2, -0.15) is 8.78 Å². The molecule has 0 spiro atoms. The third-order valence-electron chi connectivity index (χ3n) is 6.51. The number of carbonyl (C=O) groups is 3. The van der Waals surface area contributed by atoms with Gasteiger partial charge in [0.25, 0.3) is 0 Å². The average Bonchev–Trinajstić information content (AvgIpc) is 3.15. The Kier molecular flexibility index (Phi) is 6.81. The summed E-state index contributed by atoms with van der Waals surface area (Å²) in [4.78, 5) is 35.3. The van der Waals surface area contributed by atoms with E-state index in [1.165, 1.54) is 0 Å². The zero-order chi connectivity index (χ0) is 24.3. The van der Waals surface area contributed by atoms with Crippen molar-refractivity contribution < 1.29 is 33.0 Å². The maximum atomic E-state index is 13.2. The Morgan fingerprint density at radius 3 is 2.24 bits per heavy atom. The van der Waals surface area contributed by atoms with E-state index in [1.807, 2.05) is 53.8 Å². The van der Waals surface area contributed by atoms with Crippen LogP contribution in [0.25, 0.3) is 11.1 Å². The Morgan fingerprint density at radius 2 is 1.62 bits per heavy atom. The highest BCUT2D eigenvalue weighted by atomic mass is 19.3. The van der Waals surface area contributed by atoms with E-state index in [1.54, 1.807) is 0 Å². The molecule has 0 radical (unpaired) electrons. The monoisotopic (exact) mass is 472 g/mol. The summed E-state index contributed by atoms with van der Waals surface area (Å²) in [5.41, 5.74) is 4.46. The number of aliphatic carboxylic acids is 1. The van der Waals surface area contributed by atoms with Gasteiger partial charge < -0.3 is 20.5 Å². The van der Waals surface area contributed by atoms with Crippen molar-refractivity contribution in [3.63, 3.8) is 0 Å². The highest BCUT2D eigenvalue weighted by Crippen LogP contribution is 2.44. The van der Waals surface area contributed by atoms with Crippen molar-refractivity contribution in [2.24, 2.45) is 5.92 Å². The fraction of sp³-hybridized carbons (Fsp3) is 0.400. The van der Waals surface area contributed by atoms with Crippen LogP contribution in [0.3, 0.4) is 0 Å². The SMILES string of the molecule is O=C(N[C@H]1CCC[C@@H](C(=O)NCC(F)(F)C(=O)O)C1)OCC1c2ccccc2-c2ccccc21. The number of carboxylic acids is 1. The molecule has 0 bridgehead atoms. The van der Waals surface area contributed by atoms with Crippen LogP contribution in [0.5, 0.6) is 0 Å². The molecular formula is C25H26F2N2O5. The number of hydrogen-bond acceptors (Lipinski definition) is 4. The van der Waals surface area contributed by atoms with E-state index < -0.39 is 36.4 Å². The highest BCUT2D eigenvalue weighted by Gasteiger charge is 2.40. The molecule has 2 aromatic carbocycles. The number of nitrogens with one attached hydrogen (secondary N) is 2. The van der Waals surface area contributed by atoms with Gasteiger partial charge in [0.05, 0.1) is 6.54 Å². The number of hydrogen-bond donors (Lipinski definition) is 3. The zero-order valence-corrected chi connectivity index (χ0v) is 18.4. The van der Waals surface area contributed by atoms with E-state index >= 15 is 0 Å². The minimum Gasteiger partial charge on any atom is -0.477 e. The van der Waals surface area contributed by atoms with Gasteiger partial charge in [-0.1, -0.05) is 55.0 Å². The van der Waals surface area contributed by atoms with Crippen LogP contribution in [0.4, 0.5) is 13.6 Å². The number of alkyl carbamates (subject to hydrolysis) is 1. The van der Waals surface area contributed by atoms with Gasteiger partial charge in [0.15, 0.2) is 0 Å². The number of benzene rings is 2. The first kappa shape index (κ1) is 23.7. The molecule has 0 heterocycles. The Morgan fingerprint density at radius 1 is 1.00 bits per heavy atom. The lowest BCUT2D eigenvalue weighted by Crippen LogP contribution is -2.46. The molecular weight excluding hydrogens is 446 g/mol. The largest absolute Gasteiger partial charge is 0.477 e. The quantitative estimate of drug-likeness (QED) is 0.567. The molecule has 4 rings (SSSR count). The molecule has 3 N–H and O–H groups in total. The number of rotatable bonds is 7. The molecule has 2 aliphatic rings. The standard InChI is InChI=1S/C25H26F2N2O5/c26-25(27,23(31)32)14-28-22(30)15-6-5-7-16(12-15)29-24(33)34-13-21-19-10-3-1-8-17(19)18-9-2-4-11-20(18)21/h1-4,8-11,15-16,21H,5-7,12-14H2,(H,28,30)(H,29,33)(H,31,32)/t15-,16+/m1/s1. The van der Waals surface area contributed by atoms with Crippen LogP contribution in [0.1, 0.15) is 42.7 Å². The predicted octanol–water partition coefficient (Wildman–Crippen LogP) is 3.92. The third kappa shape index (κ3) is 5.03. The lowest BCUT2D eigenvalue weighted by Gasteiger charge is -2.29. The fourth-order valence-electron chi connectivity index (χ4n) is 4.78. The Labute approximate surface area is 195 Å². The molecule has 180 valence electrons. The molecule has 0 aliphatic heterocycles. The fourth-order valence-corrected chi connectivity index (χ4v) is 4.78. The minimum atomic E-state index is -4.02. The van der Waals surface area contributed by atoms with Crippen molar-refractivity contribution in [2.45, 2.75) is 43.6 Å². The second-order valence-electron chi connectivity index (χ2n) is 8.76. The first-order valence-corrected chi connectivity index (χ1v) is 11.3. The van der Waals surface area contributed by atoms with Gasteiger partial charge in [0.1, 0.15) is 6.61 Å². The second kappa shape index (κ2) is 9.79. The minimum absolute atomic E-state index is 0.0704. The Bertz CT molecular complexity index is 1040. The van der Waals surface area contributed by atoms with Crippen LogP contribution in [0, 0.1) is 5.92 Å². The lowest BCUT2D eigenvalue weighted by molar-refractivity contribution is -0.164. The number of carbonyl (C=O) groups excluding carboxylic acids is 2. The molecule has 1 fully saturated rings. The van der Waals surface area contributed by atoms with Crippen molar-refractivity contribution in [3.8, 4) is 11.1 Å².